The predicted molar refractivity (Wildman–Crippen MR) is 33.8 cm³/mol. The Kier molecular flexibility index (Phi) is 1.09. The summed E-state index contributed by atoms with van der Waals surface area (Å²) in [6.45, 7) is 2.77. The van der Waals surface area contributed by atoms with Gasteiger partial charge in [-0.25, -0.2) is 0 Å². The second kappa shape index (κ2) is 1.92. The van der Waals surface area contributed by atoms with E-state index in [0.29, 0.717) is 6.04 Å². The molecule has 0 aromatic heterocycles. The lowest BCUT2D eigenvalue weighted by Gasteiger charge is -2.21. The van der Waals surface area contributed by atoms with Crippen LogP contribution < -0.4 is 10.6 Å². The first kappa shape index (κ1) is 5.11. The minimum Gasteiger partial charge on any atom is -0.493 e. The van der Waals surface area contributed by atoms with E-state index in [1.807, 2.05) is 6.20 Å². The van der Waals surface area contributed by atoms with Crippen molar-refractivity contribution in [3.05, 3.63) is 12.0 Å². The van der Waals surface area contributed by atoms with Gasteiger partial charge < -0.3 is 15.4 Å². The maximum atomic E-state index is 5.34. The second-order valence-electron chi connectivity index (χ2n) is 2.31. The number of hydrogen-bond donors (Lipinski definition) is 2. The van der Waals surface area contributed by atoms with Crippen molar-refractivity contribution in [1.29, 1.82) is 0 Å². The van der Waals surface area contributed by atoms with E-state index in [9.17, 15) is 0 Å². The van der Waals surface area contributed by atoms with E-state index in [2.05, 4.69) is 10.6 Å². The summed E-state index contributed by atoms with van der Waals surface area (Å²) in [6.07, 6.45) is 1.94. The minimum atomic E-state index is 0.443. The van der Waals surface area contributed by atoms with Crippen LogP contribution in [0.1, 0.15) is 0 Å². The SMILES string of the molecule is C1=C2OCCN[C@@H]2CN1. The molecular weight excluding hydrogens is 116 g/mol. The van der Waals surface area contributed by atoms with Crippen LogP contribution in [0.25, 0.3) is 0 Å². The molecule has 0 aromatic carbocycles. The molecule has 1 saturated heterocycles. The van der Waals surface area contributed by atoms with Crippen molar-refractivity contribution in [2.45, 2.75) is 6.04 Å². The van der Waals surface area contributed by atoms with Gasteiger partial charge in [0.05, 0.1) is 6.04 Å². The average Bonchev–Trinajstić information content (AvgIpc) is 2.33. The zero-order valence-corrected chi connectivity index (χ0v) is 5.18. The molecule has 9 heavy (non-hydrogen) atoms. The number of hydrogen-bond acceptors (Lipinski definition) is 3. The third-order valence-electron chi connectivity index (χ3n) is 1.67. The van der Waals surface area contributed by atoms with Crippen LogP contribution >= 0.6 is 0 Å². The van der Waals surface area contributed by atoms with E-state index in [1.54, 1.807) is 0 Å². The molecule has 0 saturated carbocycles. The van der Waals surface area contributed by atoms with E-state index >= 15 is 0 Å². The third kappa shape index (κ3) is 0.772. The van der Waals surface area contributed by atoms with Crippen molar-refractivity contribution in [1.82, 2.24) is 10.6 Å². The molecule has 2 aliphatic rings. The molecule has 2 N–H and O–H groups in total. The first-order valence-corrected chi connectivity index (χ1v) is 3.26. The Morgan fingerprint density at radius 1 is 1.67 bits per heavy atom. The van der Waals surface area contributed by atoms with Crippen LogP contribution in [0.3, 0.4) is 0 Å². The Morgan fingerprint density at radius 3 is 3.56 bits per heavy atom. The van der Waals surface area contributed by atoms with Crippen molar-refractivity contribution < 1.29 is 4.74 Å². The summed E-state index contributed by atoms with van der Waals surface area (Å²) in [4.78, 5) is 0. The maximum Gasteiger partial charge on any atom is 0.130 e. The van der Waals surface area contributed by atoms with Gasteiger partial charge in [0.15, 0.2) is 0 Å². The molecule has 0 radical (unpaired) electrons. The standard InChI is InChI=1S/C6H10N2O/c1-2-9-6-4-7-3-5(6)8-1/h4-5,7-8H,1-3H2/t5-/m1/s1. The Bertz CT molecular complexity index is 144. The van der Waals surface area contributed by atoms with Gasteiger partial charge in [-0.1, -0.05) is 0 Å². The molecule has 3 heteroatoms. The smallest absolute Gasteiger partial charge is 0.130 e. The van der Waals surface area contributed by atoms with Gasteiger partial charge in [-0.2, -0.15) is 0 Å². The zero-order valence-electron chi connectivity index (χ0n) is 5.18. The molecule has 0 aliphatic carbocycles. The molecular formula is C6H10N2O. The normalized spacial score (nSPS) is 32.0. The topological polar surface area (TPSA) is 33.3 Å². The molecule has 1 atom stereocenters. The van der Waals surface area contributed by atoms with Crippen LogP contribution in [-0.2, 0) is 4.74 Å². The van der Waals surface area contributed by atoms with E-state index in [-0.39, 0.29) is 0 Å². The number of rotatable bonds is 0. The van der Waals surface area contributed by atoms with Crippen LogP contribution in [0.15, 0.2) is 12.0 Å². The van der Waals surface area contributed by atoms with Crippen molar-refractivity contribution in [3.8, 4) is 0 Å². The van der Waals surface area contributed by atoms with Crippen LogP contribution in [0.5, 0.6) is 0 Å². The summed E-state index contributed by atoms with van der Waals surface area (Å²) < 4.78 is 5.34. The van der Waals surface area contributed by atoms with E-state index < -0.39 is 0 Å². The monoisotopic (exact) mass is 126 g/mol. The van der Waals surface area contributed by atoms with Crippen LogP contribution in [-0.4, -0.2) is 25.7 Å². The summed E-state index contributed by atoms with van der Waals surface area (Å²) in [5.41, 5.74) is 0. The van der Waals surface area contributed by atoms with E-state index in [0.717, 1.165) is 25.5 Å². The highest BCUT2D eigenvalue weighted by molar-refractivity contribution is 5.11. The third-order valence-corrected chi connectivity index (χ3v) is 1.67. The zero-order chi connectivity index (χ0) is 6.10. The molecule has 0 bridgehead atoms. The lowest BCUT2D eigenvalue weighted by molar-refractivity contribution is 0.157. The quantitative estimate of drug-likeness (QED) is 0.455. The Hall–Kier alpha value is -0.700. The Morgan fingerprint density at radius 2 is 2.67 bits per heavy atom. The fourth-order valence-electron chi connectivity index (χ4n) is 1.20. The molecule has 2 aliphatic heterocycles. The molecule has 3 nitrogen and oxygen atoms in total. The number of nitrogens with one attached hydrogen (secondary N) is 2. The summed E-state index contributed by atoms with van der Waals surface area (Å²) in [5.74, 6) is 1.07. The molecule has 0 aromatic rings. The molecule has 2 heterocycles. The van der Waals surface area contributed by atoms with Crippen molar-refractivity contribution in [3.63, 3.8) is 0 Å². The van der Waals surface area contributed by atoms with Crippen LogP contribution in [0, 0.1) is 0 Å². The van der Waals surface area contributed by atoms with Gasteiger partial charge in [-0.05, 0) is 0 Å². The van der Waals surface area contributed by atoms with Gasteiger partial charge in [0.25, 0.3) is 0 Å². The molecule has 1 fully saturated rings. The Balaban J connectivity index is 2.09. The highest BCUT2D eigenvalue weighted by atomic mass is 16.5. The highest BCUT2D eigenvalue weighted by Gasteiger charge is 2.22. The lowest BCUT2D eigenvalue weighted by Crippen LogP contribution is -2.40. The van der Waals surface area contributed by atoms with Gasteiger partial charge in [0, 0.05) is 19.3 Å². The van der Waals surface area contributed by atoms with Gasteiger partial charge in [-0.15, -0.1) is 0 Å². The molecule has 0 unspecified atom stereocenters. The number of ether oxygens (including phenoxy) is 1. The van der Waals surface area contributed by atoms with Gasteiger partial charge in [0.1, 0.15) is 12.4 Å². The number of morpholine rings is 1. The van der Waals surface area contributed by atoms with Crippen LogP contribution in [0.2, 0.25) is 0 Å². The lowest BCUT2D eigenvalue weighted by atomic mass is 10.2. The van der Waals surface area contributed by atoms with Crippen molar-refractivity contribution in [2.75, 3.05) is 19.7 Å². The van der Waals surface area contributed by atoms with Gasteiger partial charge in [0.2, 0.25) is 0 Å². The minimum absolute atomic E-state index is 0.443. The molecule has 2 rings (SSSR count). The van der Waals surface area contributed by atoms with Crippen LogP contribution in [0.4, 0.5) is 0 Å². The first-order chi connectivity index (χ1) is 4.47. The van der Waals surface area contributed by atoms with Crippen molar-refractivity contribution >= 4 is 0 Å². The fraction of sp³-hybridized carbons (Fsp3) is 0.667. The summed E-state index contributed by atoms with van der Waals surface area (Å²) in [5, 5.41) is 6.44. The van der Waals surface area contributed by atoms with Gasteiger partial charge in [-0.3, -0.25) is 0 Å². The van der Waals surface area contributed by atoms with Gasteiger partial charge >= 0.3 is 0 Å². The maximum absolute atomic E-state index is 5.34. The number of fused-ring (bicyclic) bond motifs is 1. The summed E-state index contributed by atoms with van der Waals surface area (Å²) >= 11 is 0. The second-order valence-corrected chi connectivity index (χ2v) is 2.31. The molecule has 0 spiro atoms. The Labute approximate surface area is 54.1 Å². The molecule has 50 valence electrons. The predicted octanol–water partition coefficient (Wildman–Crippen LogP) is -0.581. The summed E-state index contributed by atoms with van der Waals surface area (Å²) in [7, 11) is 0. The largest absolute Gasteiger partial charge is 0.493 e. The summed E-state index contributed by atoms with van der Waals surface area (Å²) in [6, 6.07) is 0.443. The van der Waals surface area contributed by atoms with Crippen molar-refractivity contribution in [2.24, 2.45) is 0 Å². The fourth-order valence-corrected chi connectivity index (χ4v) is 1.20. The van der Waals surface area contributed by atoms with E-state index in [1.165, 1.54) is 0 Å². The van der Waals surface area contributed by atoms with E-state index in [4.69, 9.17) is 4.74 Å². The molecule has 0 amide bonds. The highest BCUT2D eigenvalue weighted by Crippen LogP contribution is 2.10. The first-order valence-electron chi connectivity index (χ1n) is 3.26. The average molecular weight is 126 g/mol.